The van der Waals surface area contributed by atoms with Crippen molar-refractivity contribution in [2.45, 2.75) is 13.5 Å². The van der Waals surface area contributed by atoms with Gasteiger partial charge < -0.3 is 10.1 Å². The van der Waals surface area contributed by atoms with Gasteiger partial charge in [0, 0.05) is 28.2 Å². The molecule has 0 radical (unpaired) electrons. The smallest absolute Gasteiger partial charge is 0.258 e. The van der Waals surface area contributed by atoms with Gasteiger partial charge in [-0.25, -0.2) is 4.98 Å². The van der Waals surface area contributed by atoms with E-state index in [1.807, 2.05) is 54.8 Å². The first-order chi connectivity index (χ1) is 12.1. The second-order valence-electron chi connectivity index (χ2n) is 5.51. The normalized spacial score (nSPS) is 10.5. The number of aryl methyl sites for hydroxylation is 1. The van der Waals surface area contributed by atoms with Gasteiger partial charge in [0.05, 0.1) is 0 Å². The van der Waals surface area contributed by atoms with Crippen LogP contribution in [0.15, 0.2) is 53.9 Å². The number of thiazole rings is 1. The molecule has 25 heavy (non-hydrogen) atoms. The molecular formula is C19H17ClN2O2S. The highest BCUT2D eigenvalue weighted by atomic mass is 35.5. The molecule has 0 saturated heterocycles. The quantitative estimate of drug-likeness (QED) is 0.694. The van der Waals surface area contributed by atoms with E-state index in [1.165, 1.54) is 0 Å². The van der Waals surface area contributed by atoms with Crippen molar-refractivity contribution in [2.75, 3.05) is 6.61 Å². The molecule has 0 spiro atoms. The van der Waals surface area contributed by atoms with Gasteiger partial charge in [0.15, 0.2) is 6.61 Å². The van der Waals surface area contributed by atoms with Gasteiger partial charge in [-0.1, -0.05) is 23.7 Å². The number of carbonyl (C=O) groups excluding carboxylic acids is 1. The summed E-state index contributed by atoms with van der Waals surface area (Å²) >= 11 is 7.53. The summed E-state index contributed by atoms with van der Waals surface area (Å²) in [5.41, 5.74) is 3.00. The van der Waals surface area contributed by atoms with Crippen molar-refractivity contribution >= 4 is 28.8 Å². The molecule has 0 saturated carbocycles. The van der Waals surface area contributed by atoms with Gasteiger partial charge in [-0.3, -0.25) is 4.79 Å². The highest BCUT2D eigenvalue weighted by Crippen LogP contribution is 2.25. The van der Waals surface area contributed by atoms with E-state index in [0.29, 0.717) is 17.3 Å². The molecule has 1 amide bonds. The monoisotopic (exact) mass is 372 g/mol. The zero-order valence-corrected chi connectivity index (χ0v) is 15.2. The highest BCUT2D eigenvalue weighted by molar-refractivity contribution is 7.13. The van der Waals surface area contributed by atoms with Crippen LogP contribution in [0.4, 0.5) is 0 Å². The molecule has 0 atom stereocenters. The first kappa shape index (κ1) is 17.5. The highest BCUT2D eigenvalue weighted by Gasteiger charge is 2.05. The van der Waals surface area contributed by atoms with E-state index in [-0.39, 0.29) is 12.5 Å². The van der Waals surface area contributed by atoms with Crippen LogP contribution in [0.2, 0.25) is 5.02 Å². The van der Waals surface area contributed by atoms with Crippen LogP contribution in [0.25, 0.3) is 10.6 Å². The summed E-state index contributed by atoms with van der Waals surface area (Å²) in [6.07, 6.45) is 0. The third-order valence-electron chi connectivity index (χ3n) is 3.47. The number of ether oxygens (including phenoxy) is 1. The van der Waals surface area contributed by atoms with Crippen LogP contribution < -0.4 is 10.1 Å². The van der Waals surface area contributed by atoms with E-state index in [9.17, 15) is 4.79 Å². The third-order valence-corrected chi connectivity index (χ3v) is 4.71. The number of hydrogen-bond acceptors (Lipinski definition) is 4. The number of halogens is 1. The first-order valence-corrected chi connectivity index (χ1v) is 9.02. The van der Waals surface area contributed by atoms with Gasteiger partial charge in [-0.2, -0.15) is 0 Å². The molecular weight excluding hydrogens is 356 g/mol. The maximum Gasteiger partial charge on any atom is 0.258 e. The summed E-state index contributed by atoms with van der Waals surface area (Å²) in [7, 11) is 0. The Morgan fingerprint density at radius 2 is 2.04 bits per heavy atom. The molecule has 0 fully saturated rings. The van der Waals surface area contributed by atoms with Crippen LogP contribution in [0, 0.1) is 6.92 Å². The molecule has 0 aliphatic rings. The van der Waals surface area contributed by atoms with Crippen LogP contribution in [0.5, 0.6) is 5.75 Å². The van der Waals surface area contributed by atoms with Gasteiger partial charge >= 0.3 is 0 Å². The first-order valence-electron chi connectivity index (χ1n) is 7.77. The summed E-state index contributed by atoms with van der Waals surface area (Å²) in [6.45, 7) is 2.36. The van der Waals surface area contributed by atoms with Crippen LogP contribution in [0.1, 0.15) is 11.3 Å². The van der Waals surface area contributed by atoms with Crippen molar-refractivity contribution < 1.29 is 9.53 Å². The molecule has 0 bridgehead atoms. The Balaban J connectivity index is 1.48. The van der Waals surface area contributed by atoms with Crippen molar-refractivity contribution in [1.82, 2.24) is 10.3 Å². The predicted molar refractivity (Wildman–Crippen MR) is 101 cm³/mol. The summed E-state index contributed by atoms with van der Waals surface area (Å²) in [4.78, 5) is 16.3. The Labute approximate surface area is 155 Å². The van der Waals surface area contributed by atoms with E-state index in [1.54, 1.807) is 17.4 Å². The molecule has 4 nitrogen and oxygen atoms in total. The number of nitrogens with zero attached hydrogens (tertiary/aromatic N) is 1. The van der Waals surface area contributed by atoms with Crippen LogP contribution in [-0.4, -0.2) is 17.5 Å². The predicted octanol–water partition coefficient (Wildman–Crippen LogP) is 4.47. The lowest BCUT2D eigenvalue weighted by atomic mass is 10.2. The fraction of sp³-hybridized carbons (Fsp3) is 0.158. The maximum atomic E-state index is 11.9. The largest absolute Gasteiger partial charge is 0.484 e. The Hall–Kier alpha value is -2.37. The van der Waals surface area contributed by atoms with Gasteiger partial charge in [-0.05, 0) is 48.9 Å². The fourth-order valence-corrected chi connectivity index (χ4v) is 3.24. The van der Waals surface area contributed by atoms with Crippen LogP contribution in [-0.2, 0) is 11.3 Å². The van der Waals surface area contributed by atoms with Crippen molar-refractivity contribution in [2.24, 2.45) is 0 Å². The molecule has 1 N–H and O–H groups in total. The topological polar surface area (TPSA) is 51.2 Å². The van der Waals surface area contributed by atoms with Crippen molar-refractivity contribution in [3.8, 4) is 16.3 Å². The fourth-order valence-electron chi connectivity index (χ4n) is 2.23. The van der Waals surface area contributed by atoms with Crippen LogP contribution >= 0.6 is 22.9 Å². The zero-order chi connectivity index (χ0) is 17.6. The molecule has 0 unspecified atom stereocenters. The standard InChI is InChI=1S/C19H17ClN2O2S/c1-13-12-25-19(22-13)15-5-7-17(8-6-15)24-11-18(23)21-10-14-3-2-4-16(20)9-14/h2-9,12H,10-11H2,1H3,(H,21,23). The number of aromatic nitrogens is 1. The SMILES string of the molecule is Cc1csc(-c2ccc(OCC(=O)NCc3cccc(Cl)c3)cc2)n1. The van der Waals surface area contributed by atoms with E-state index in [0.717, 1.165) is 21.8 Å². The molecule has 0 aliphatic heterocycles. The molecule has 2 aromatic carbocycles. The molecule has 6 heteroatoms. The molecule has 128 valence electrons. The summed E-state index contributed by atoms with van der Waals surface area (Å²) < 4.78 is 5.52. The van der Waals surface area contributed by atoms with Crippen molar-refractivity contribution in [3.05, 3.63) is 70.2 Å². The van der Waals surface area contributed by atoms with Crippen molar-refractivity contribution in [1.29, 1.82) is 0 Å². The van der Waals surface area contributed by atoms with Crippen molar-refractivity contribution in [3.63, 3.8) is 0 Å². The summed E-state index contributed by atoms with van der Waals surface area (Å²) in [5.74, 6) is 0.467. The molecule has 0 aliphatic carbocycles. The Kier molecular flexibility index (Phi) is 5.68. The Morgan fingerprint density at radius 3 is 2.72 bits per heavy atom. The van der Waals surface area contributed by atoms with E-state index in [2.05, 4.69) is 10.3 Å². The maximum absolute atomic E-state index is 11.9. The average Bonchev–Trinajstić information content (AvgIpc) is 3.05. The van der Waals surface area contributed by atoms with E-state index in [4.69, 9.17) is 16.3 Å². The average molecular weight is 373 g/mol. The summed E-state index contributed by atoms with van der Waals surface area (Å²) in [6, 6.07) is 15.0. The number of rotatable bonds is 6. The van der Waals surface area contributed by atoms with E-state index >= 15 is 0 Å². The van der Waals surface area contributed by atoms with E-state index < -0.39 is 0 Å². The van der Waals surface area contributed by atoms with Gasteiger partial charge in [0.25, 0.3) is 5.91 Å². The van der Waals surface area contributed by atoms with Gasteiger partial charge in [-0.15, -0.1) is 11.3 Å². The van der Waals surface area contributed by atoms with Crippen LogP contribution in [0.3, 0.4) is 0 Å². The Bertz CT molecular complexity index is 862. The minimum atomic E-state index is -0.181. The lowest BCUT2D eigenvalue weighted by Crippen LogP contribution is -2.28. The van der Waals surface area contributed by atoms with Gasteiger partial charge in [0.1, 0.15) is 10.8 Å². The molecule has 3 aromatic rings. The lowest BCUT2D eigenvalue weighted by Gasteiger charge is -2.08. The summed E-state index contributed by atoms with van der Waals surface area (Å²) in [5, 5.41) is 6.45. The second-order valence-corrected chi connectivity index (χ2v) is 6.81. The number of nitrogens with one attached hydrogen (secondary N) is 1. The molecule has 1 heterocycles. The minimum absolute atomic E-state index is 0.0315. The zero-order valence-electron chi connectivity index (χ0n) is 13.7. The third kappa shape index (κ3) is 5.05. The van der Waals surface area contributed by atoms with Gasteiger partial charge in [0.2, 0.25) is 0 Å². The number of amides is 1. The number of carbonyl (C=O) groups is 1. The number of hydrogen-bond donors (Lipinski definition) is 1. The molecule has 1 aromatic heterocycles. The second kappa shape index (κ2) is 8.14. The lowest BCUT2D eigenvalue weighted by molar-refractivity contribution is -0.123. The minimum Gasteiger partial charge on any atom is -0.484 e. The Morgan fingerprint density at radius 1 is 1.24 bits per heavy atom. The molecule has 3 rings (SSSR count). The number of benzene rings is 2.